The Balaban J connectivity index is 1.85. The summed E-state index contributed by atoms with van der Waals surface area (Å²) in [6, 6.07) is 7.38. The lowest BCUT2D eigenvalue weighted by Crippen LogP contribution is -2.25. The average Bonchev–Trinajstić information content (AvgIpc) is 2.96. The summed E-state index contributed by atoms with van der Waals surface area (Å²) < 4.78 is 25.4. The van der Waals surface area contributed by atoms with Crippen molar-refractivity contribution in [2.45, 2.75) is 23.8 Å². The molecule has 1 saturated heterocycles. The molecule has 0 saturated carbocycles. The number of benzene rings is 1. The third-order valence-electron chi connectivity index (χ3n) is 3.63. The molecule has 0 bridgehead atoms. The normalized spacial score (nSPS) is 19.0. The molecule has 118 valence electrons. The Bertz CT molecular complexity index is 750. The highest BCUT2D eigenvalue weighted by Crippen LogP contribution is 2.23. The number of rotatable bonds is 4. The molecule has 1 aromatic carbocycles. The minimum absolute atomic E-state index is 0.290. The zero-order valence-electron chi connectivity index (χ0n) is 12.4. The molecule has 0 radical (unpaired) electrons. The molecule has 1 unspecified atom stereocenters. The second-order valence-corrected chi connectivity index (χ2v) is 8.61. The van der Waals surface area contributed by atoms with Crippen molar-refractivity contribution < 1.29 is 8.42 Å². The summed E-state index contributed by atoms with van der Waals surface area (Å²) in [6.07, 6.45) is 7.21. The lowest BCUT2D eigenvalue weighted by Gasteiger charge is -2.22. The predicted molar refractivity (Wildman–Crippen MR) is 90.6 cm³/mol. The summed E-state index contributed by atoms with van der Waals surface area (Å²) in [5.41, 5.74) is 1.51. The van der Waals surface area contributed by atoms with E-state index in [9.17, 15) is 8.42 Å². The van der Waals surface area contributed by atoms with E-state index in [1.165, 1.54) is 18.4 Å². The van der Waals surface area contributed by atoms with Gasteiger partial charge < -0.3 is 5.32 Å². The van der Waals surface area contributed by atoms with E-state index in [0.29, 0.717) is 11.7 Å². The first-order valence-corrected chi connectivity index (χ1v) is 10.3. The van der Waals surface area contributed by atoms with Crippen LogP contribution in [0.2, 0.25) is 0 Å². The number of hydrogen-bond acceptors (Lipinski definition) is 5. The van der Waals surface area contributed by atoms with E-state index in [4.69, 9.17) is 0 Å². The van der Waals surface area contributed by atoms with Gasteiger partial charge in [0, 0.05) is 18.1 Å². The van der Waals surface area contributed by atoms with Crippen molar-refractivity contribution in [1.29, 1.82) is 0 Å². The maximum absolute atomic E-state index is 11.9. The van der Waals surface area contributed by atoms with Crippen LogP contribution in [0.15, 0.2) is 41.6 Å². The quantitative estimate of drug-likeness (QED) is 0.929. The van der Waals surface area contributed by atoms with Crippen LogP contribution in [0.25, 0.3) is 5.69 Å². The Morgan fingerprint density at radius 2 is 2.18 bits per heavy atom. The number of thioether (sulfide) groups is 1. The Hall–Kier alpha value is -1.47. The van der Waals surface area contributed by atoms with Gasteiger partial charge in [-0.25, -0.2) is 13.1 Å². The molecule has 1 aliphatic rings. The maximum atomic E-state index is 11.9. The molecule has 3 rings (SSSR count). The van der Waals surface area contributed by atoms with E-state index in [-0.39, 0.29) is 4.90 Å². The summed E-state index contributed by atoms with van der Waals surface area (Å²) in [4.78, 5) is 0.290. The zero-order chi connectivity index (χ0) is 15.6. The third kappa shape index (κ3) is 3.47. The number of sulfone groups is 1. The first kappa shape index (κ1) is 15.4. The van der Waals surface area contributed by atoms with E-state index < -0.39 is 9.84 Å². The molecule has 2 aromatic rings. The number of anilines is 1. The van der Waals surface area contributed by atoms with Gasteiger partial charge in [-0.05, 0) is 30.7 Å². The Morgan fingerprint density at radius 3 is 2.91 bits per heavy atom. The van der Waals surface area contributed by atoms with Gasteiger partial charge >= 0.3 is 0 Å². The minimum Gasteiger partial charge on any atom is -0.379 e. The van der Waals surface area contributed by atoms with Crippen molar-refractivity contribution in [2.75, 3.05) is 23.1 Å². The highest BCUT2D eigenvalue weighted by molar-refractivity contribution is 7.99. The van der Waals surface area contributed by atoms with Crippen LogP contribution in [0.3, 0.4) is 0 Å². The van der Waals surface area contributed by atoms with Crippen molar-refractivity contribution in [3.63, 3.8) is 0 Å². The van der Waals surface area contributed by atoms with Crippen molar-refractivity contribution >= 4 is 27.3 Å². The number of para-hydroxylation sites is 1. The lowest BCUT2D eigenvalue weighted by molar-refractivity contribution is 0.600. The molecule has 0 aliphatic carbocycles. The summed E-state index contributed by atoms with van der Waals surface area (Å²) in [7, 11) is -3.28. The average molecular weight is 337 g/mol. The monoisotopic (exact) mass is 337 g/mol. The molecular formula is C15H19N3O2S2. The molecule has 2 heterocycles. The van der Waals surface area contributed by atoms with Crippen molar-refractivity contribution in [1.82, 2.24) is 9.78 Å². The number of nitrogens with one attached hydrogen (secondary N) is 1. The first-order chi connectivity index (χ1) is 10.5. The zero-order valence-corrected chi connectivity index (χ0v) is 14.0. The van der Waals surface area contributed by atoms with Crippen LogP contribution < -0.4 is 5.32 Å². The van der Waals surface area contributed by atoms with Crippen LogP contribution in [0.1, 0.15) is 12.8 Å². The SMILES string of the molecule is CS(=O)(=O)c1ccccc1-n1cc(NC2CCCSC2)cn1. The van der Waals surface area contributed by atoms with E-state index in [1.54, 1.807) is 29.1 Å². The molecule has 7 heteroatoms. The summed E-state index contributed by atoms with van der Waals surface area (Å²) in [6.45, 7) is 0. The third-order valence-corrected chi connectivity index (χ3v) is 5.98. The fourth-order valence-electron chi connectivity index (χ4n) is 2.58. The van der Waals surface area contributed by atoms with Crippen LogP contribution >= 0.6 is 11.8 Å². The van der Waals surface area contributed by atoms with Gasteiger partial charge in [-0.1, -0.05) is 12.1 Å². The number of hydrogen-bond donors (Lipinski definition) is 1. The lowest BCUT2D eigenvalue weighted by atomic mass is 10.2. The van der Waals surface area contributed by atoms with Crippen LogP contribution in [0.5, 0.6) is 0 Å². The van der Waals surface area contributed by atoms with Crippen molar-refractivity contribution in [3.05, 3.63) is 36.7 Å². The summed E-state index contributed by atoms with van der Waals surface area (Å²) in [5.74, 6) is 2.34. The van der Waals surface area contributed by atoms with E-state index >= 15 is 0 Å². The molecule has 1 atom stereocenters. The van der Waals surface area contributed by atoms with Crippen molar-refractivity contribution in [2.24, 2.45) is 0 Å². The number of aromatic nitrogens is 2. The largest absolute Gasteiger partial charge is 0.379 e. The van der Waals surface area contributed by atoms with E-state index in [1.807, 2.05) is 24.0 Å². The van der Waals surface area contributed by atoms with Gasteiger partial charge in [0.15, 0.2) is 9.84 Å². The highest BCUT2D eigenvalue weighted by atomic mass is 32.2. The van der Waals surface area contributed by atoms with Gasteiger partial charge in [0.2, 0.25) is 0 Å². The smallest absolute Gasteiger partial charge is 0.177 e. The molecule has 1 aromatic heterocycles. The second-order valence-electron chi connectivity index (χ2n) is 5.47. The van der Waals surface area contributed by atoms with Crippen molar-refractivity contribution in [3.8, 4) is 5.69 Å². The molecule has 1 fully saturated rings. The van der Waals surface area contributed by atoms with E-state index in [2.05, 4.69) is 10.4 Å². The molecule has 0 amide bonds. The first-order valence-electron chi connectivity index (χ1n) is 7.22. The van der Waals surface area contributed by atoms with Gasteiger partial charge in [-0.2, -0.15) is 16.9 Å². The second kappa shape index (κ2) is 6.34. The van der Waals surface area contributed by atoms with Gasteiger partial charge in [0.25, 0.3) is 0 Å². The fourth-order valence-corrected chi connectivity index (χ4v) is 4.52. The van der Waals surface area contributed by atoms with Gasteiger partial charge in [0.1, 0.15) is 0 Å². The molecule has 22 heavy (non-hydrogen) atoms. The number of nitrogens with zero attached hydrogens (tertiary/aromatic N) is 2. The Morgan fingerprint density at radius 1 is 1.36 bits per heavy atom. The maximum Gasteiger partial charge on any atom is 0.177 e. The minimum atomic E-state index is -3.28. The molecule has 1 aliphatic heterocycles. The molecule has 0 spiro atoms. The Kier molecular flexibility index (Phi) is 4.44. The summed E-state index contributed by atoms with van der Waals surface area (Å²) >= 11 is 1.96. The molecule has 5 nitrogen and oxygen atoms in total. The van der Waals surface area contributed by atoms with Crippen LogP contribution in [0.4, 0.5) is 5.69 Å². The van der Waals surface area contributed by atoms with E-state index in [0.717, 1.165) is 17.9 Å². The standard InChI is InChI=1S/C15H19N3O2S2/c1-22(19,20)15-7-3-2-6-14(15)18-10-13(9-16-18)17-12-5-4-8-21-11-12/h2-3,6-7,9-10,12,17H,4-5,8,11H2,1H3. The van der Waals surface area contributed by atoms with Crippen LogP contribution in [0, 0.1) is 0 Å². The topological polar surface area (TPSA) is 64.0 Å². The van der Waals surface area contributed by atoms with Crippen LogP contribution in [-0.2, 0) is 9.84 Å². The summed E-state index contributed by atoms with van der Waals surface area (Å²) in [5, 5.41) is 7.78. The Labute approximate surface area is 135 Å². The molecular weight excluding hydrogens is 318 g/mol. The highest BCUT2D eigenvalue weighted by Gasteiger charge is 2.17. The van der Waals surface area contributed by atoms with Gasteiger partial charge in [-0.15, -0.1) is 0 Å². The van der Waals surface area contributed by atoms with Gasteiger partial charge in [-0.3, -0.25) is 0 Å². The van der Waals surface area contributed by atoms with Crippen LogP contribution in [-0.4, -0.2) is 42.0 Å². The predicted octanol–water partition coefficient (Wildman–Crippen LogP) is 2.58. The fraction of sp³-hybridized carbons (Fsp3) is 0.400. The van der Waals surface area contributed by atoms with Gasteiger partial charge in [0.05, 0.1) is 28.7 Å². The molecule has 1 N–H and O–H groups in total.